The maximum Gasteiger partial charge on any atom is 0.0777 e. The van der Waals surface area contributed by atoms with Crippen LogP contribution in [0.5, 0.6) is 0 Å². The molecule has 0 spiro atoms. The van der Waals surface area contributed by atoms with E-state index < -0.39 is 0 Å². The summed E-state index contributed by atoms with van der Waals surface area (Å²) in [5.41, 5.74) is 1.22. The number of aliphatic hydroxyl groups excluding tert-OH is 2. The van der Waals surface area contributed by atoms with Crippen molar-refractivity contribution in [1.29, 1.82) is 0 Å². The molecule has 0 radical (unpaired) electrons. The van der Waals surface area contributed by atoms with Gasteiger partial charge in [0.05, 0.1) is 13.2 Å². The van der Waals surface area contributed by atoms with Gasteiger partial charge in [-0.2, -0.15) is 0 Å². The third-order valence-corrected chi connectivity index (χ3v) is 3.69. The van der Waals surface area contributed by atoms with Crippen molar-refractivity contribution >= 4 is 11.3 Å². The van der Waals surface area contributed by atoms with E-state index in [1.54, 1.807) is 0 Å². The Labute approximate surface area is 95.6 Å². The molecule has 0 unspecified atom stereocenters. The second kappa shape index (κ2) is 6.99. The van der Waals surface area contributed by atoms with E-state index in [4.69, 9.17) is 10.2 Å². The zero-order chi connectivity index (χ0) is 11.1. The van der Waals surface area contributed by atoms with Crippen molar-refractivity contribution < 1.29 is 10.2 Å². The summed E-state index contributed by atoms with van der Waals surface area (Å²) in [6.07, 6.45) is 6.00. The van der Waals surface area contributed by atoms with Crippen molar-refractivity contribution in [2.45, 2.75) is 52.2 Å². The quantitative estimate of drug-likeness (QED) is 0.704. The minimum atomic E-state index is 0.0899. The summed E-state index contributed by atoms with van der Waals surface area (Å²) in [6.45, 7) is 2.40. The lowest BCUT2D eigenvalue weighted by Gasteiger charge is -2.00. The highest BCUT2D eigenvalue weighted by Crippen LogP contribution is 2.24. The Hall–Kier alpha value is -0.380. The molecule has 0 aromatic carbocycles. The summed E-state index contributed by atoms with van der Waals surface area (Å²) in [4.78, 5) is 1.99. The predicted molar refractivity (Wildman–Crippen MR) is 64.0 cm³/mol. The van der Waals surface area contributed by atoms with E-state index in [0.717, 1.165) is 16.2 Å². The number of hydrogen-bond donors (Lipinski definition) is 2. The highest BCUT2D eigenvalue weighted by atomic mass is 32.1. The highest BCUT2D eigenvalue weighted by molar-refractivity contribution is 7.12. The van der Waals surface area contributed by atoms with Crippen molar-refractivity contribution in [3.63, 3.8) is 0 Å². The van der Waals surface area contributed by atoms with Crippen LogP contribution in [-0.2, 0) is 19.6 Å². The summed E-state index contributed by atoms with van der Waals surface area (Å²) < 4.78 is 0. The second-order valence-electron chi connectivity index (χ2n) is 3.79. The molecule has 1 aromatic rings. The fourth-order valence-electron chi connectivity index (χ4n) is 1.69. The van der Waals surface area contributed by atoms with Gasteiger partial charge < -0.3 is 10.2 Å². The van der Waals surface area contributed by atoms with E-state index >= 15 is 0 Å². The molecule has 1 rings (SSSR count). The van der Waals surface area contributed by atoms with E-state index in [-0.39, 0.29) is 13.2 Å². The van der Waals surface area contributed by atoms with Crippen molar-refractivity contribution in [2.75, 3.05) is 0 Å². The SMILES string of the molecule is CCCCCCc1cc(CO)sc1CO. The van der Waals surface area contributed by atoms with Crippen LogP contribution >= 0.6 is 11.3 Å². The second-order valence-corrected chi connectivity index (χ2v) is 5.01. The summed E-state index contributed by atoms with van der Waals surface area (Å²) in [5.74, 6) is 0. The van der Waals surface area contributed by atoms with E-state index in [9.17, 15) is 0 Å². The van der Waals surface area contributed by atoms with Crippen molar-refractivity contribution in [3.05, 3.63) is 21.4 Å². The van der Waals surface area contributed by atoms with Crippen molar-refractivity contribution in [2.24, 2.45) is 0 Å². The molecule has 15 heavy (non-hydrogen) atoms. The van der Waals surface area contributed by atoms with E-state index in [1.165, 1.54) is 42.6 Å². The minimum absolute atomic E-state index is 0.0899. The Morgan fingerprint density at radius 3 is 2.53 bits per heavy atom. The molecule has 2 nitrogen and oxygen atoms in total. The molecular formula is C12H20O2S. The van der Waals surface area contributed by atoms with Gasteiger partial charge in [0.15, 0.2) is 0 Å². The molecule has 0 aliphatic rings. The Morgan fingerprint density at radius 1 is 1.13 bits per heavy atom. The van der Waals surface area contributed by atoms with Gasteiger partial charge in [0.1, 0.15) is 0 Å². The maximum absolute atomic E-state index is 9.16. The van der Waals surface area contributed by atoms with Crippen molar-refractivity contribution in [1.82, 2.24) is 0 Å². The fraction of sp³-hybridized carbons (Fsp3) is 0.667. The van der Waals surface area contributed by atoms with Gasteiger partial charge in [-0.3, -0.25) is 0 Å². The standard InChI is InChI=1S/C12H20O2S/c1-2-3-4-5-6-10-7-11(8-13)15-12(10)9-14/h7,13-14H,2-6,8-9H2,1H3. The van der Waals surface area contributed by atoms with E-state index in [0.29, 0.717) is 0 Å². The minimum Gasteiger partial charge on any atom is -0.391 e. The lowest BCUT2D eigenvalue weighted by atomic mass is 10.1. The molecule has 0 bridgehead atoms. The van der Waals surface area contributed by atoms with Gasteiger partial charge in [0.25, 0.3) is 0 Å². The first kappa shape index (κ1) is 12.7. The first-order valence-corrected chi connectivity index (χ1v) is 6.45. The van der Waals surface area contributed by atoms with Crippen LogP contribution in [0.4, 0.5) is 0 Å². The van der Waals surface area contributed by atoms with Gasteiger partial charge in [0.2, 0.25) is 0 Å². The number of rotatable bonds is 7. The van der Waals surface area contributed by atoms with Gasteiger partial charge in [-0.1, -0.05) is 26.2 Å². The molecule has 0 fully saturated rings. The predicted octanol–water partition coefficient (Wildman–Crippen LogP) is 2.86. The Balaban J connectivity index is 2.47. The Kier molecular flexibility index (Phi) is 5.91. The molecule has 0 aliphatic heterocycles. The fourth-order valence-corrected chi connectivity index (χ4v) is 2.63. The molecular weight excluding hydrogens is 208 g/mol. The first-order chi connectivity index (χ1) is 7.31. The van der Waals surface area contributed by atoms with Crippen LogP contribution in [0.3, 0.4) is 0 Å². The third-order valence-electron chi connectivity index (χ3n) is 2.55. The summed E-state index contributed by atoms with van der Waals surface area (Å²) in [6, 6.07) is 2.03. The van der Waals surface area contributed by atoms with Crippen LogP contribution in [0, 0.1) is 0 Å². The van der Waals surface area contributed by atoms with Gasteiger partial charge in [0, 0.05) is 9.75 Å². The summed E-state index contributed by atoms with van der Waals surface area (Å²) in [7, 11) is 0. The largest absolute Gasteiger partial charge is 0.391 e. The van der Waals surface area contributed by atoms with Gasteiger partial charge >= 0.3 is 0 Å². The van der Waals surface area contributed by atoms with Gasteiger partial charge in [-0.15, -0.1) is 11.3 Å². The topological polar surface area (TPSA) is 40.5 Å². The smallest absolute Gasteiger partial charge is 0.0777 e. The van der Waals surface area contributed by atoms with E-state index in [1.807, 2.05) is 6.07 Å². The van der Waals surface area contributed by atoms with Crippen LogP contribution in [-0.4, -0.2) is 10.2 Å². The Morgan fingerprint density at radius 2 is 1.93 bits per heavy atom. The normalized spacial score (nSPS) is 10.9. The average molecular weight is 228 g/mol. The lowest BCUT2D eigenvalue weighted by molar-refractivity contribution is 0.284. The maximum atomic E-state index is 9.16. The van der Waals surface area contributed by atoms with Gasteiger partial charge in [-0.05, 0) is 24.5 Å². The van der Waals surface area contributed by atoms with Crippen molar-refractivity contribution in [3.8, 4) is 0 Å². The number of aliphatic hydroxyl groups is 2. The van der Waals surface area contributed by atoms with Crippen LogP contribution in [0.1, 0.15) is 47.9 Å². The molecule has 1 heterocycles. The zero-order valence-electron chi connectivity index (χ0n) is 9.33. The molecule has 0 amide bonds. The van der Waals surface area contributed by atoms with Crippen LogP contribution in [0.2, 0.25) is 0 Å². The number of unbranched alkanes of at least 4 members (excludes halogenated alkanes) is 3. The summed E-state index contributed by atoms with van der Waals surface area (Å²) >= 11 is 1.52. The molecule has 86 valence electrons. The molecule has 0 saturated carbocycles. The molecule has 0 saturated heterocycles. The number of aryl methyl sites for hydroxylation is 1. The number of thiophene rings is 1. The third kappa shape index (κ3) is 3.93. The Bertz CT molecular complexity index is 281. The monoisotopic (exact) mass is 228 g/mol. The van der Waals surface area contributed by atoms with E-state index in [2.05, 4.69) is 6.92 Å². The average Bonchev–Trinajstić information content (AvgIpc) is 2.67. The first-order valence-electron chi connectivity index (χ1n) is 5.64. The molecule has 1 aromatic heterocycles. The van der Waals surface area contributed by atoms with Gasteiger partial charge in [-0.25, -0.2) is 0 Å². The molecule has 3 heteroatoms. The van der Waals surface area contributed by atoms with Crippen LogP contribution < -0.4 is 0 Å². The molecule has 0 aliphatic carbocycles. The molecule has 2 N–H and O–H groups in total. The van der Waals surface area contributed by atoms with Crippen LogP contribution in [0.25, 0.3) is 0 Å². The van der Waals surface area contributed by atoms with Crippen LogP contribution in [0.15, 0.2) is 6.07 Å². The molecule has 0 atom stereocenters. The lowest BCUT2D eigenvalue weighted by Crippen LogP contribution is -1.88. The summed E-state index contributed by atoms with van der Waals surface area (Å²) in [5, 5.41) is 18.2. The highest BCUT2D eigenvalue weighted by Gasteiger charge is 2.07. The number of hydrogen-bond acceptors (Lipinski definition) is 3. The zero-order valence-corrected chi connectivity index (χ0v) is 10.1.